The first-order valence-electron chi connectivity index (χ1n) is 7.24. The first-order valence-corrected chi connectivity index (χ1v) is 9.00. The van der Waals surface area contributed by atoms with Gasteiger partial charge in [0.05, 0.1) is 12.9 Å². The molecule has 5 atom stereocenters. The highest BCUT2D eigenvalue weighted by Gasteiger charge is 2.46. The second-order valence-corrected chi connectivity index (χ2v) is 7.30. The molecule has 0 spiro atoms. The van der Waals surface area contributed by atoms with Crippen molar-refractivity contribution in [2.45, 2.75) is 24.5 Å². The second kappa shape index (κ2) is 6.92. The predicted molar refractivity (Wildman–Crippen MR) is 83.3 cm³/mol. The van der Waals surface area contributed by atoms with Gasteiger partial charge in [-0.3, -0.25) is 9.13 Å². The summed E-state index contributed by atoms with van der Waals surface area (Å²) in [6.45, 7) is -0.470. The van der Waals surface area contributed by atoms with Crippen LogP contribution in [0.15, 0.2) is 12.7 Å². The normalized spacial score (nSPS) is 29.1. The first-order chi connectivity index (χ1) is 11.9. The number of anilines is 1. The van der Waals surface area contributed by atoms with Gasteiger partial charge >= 0.3 is 7.60 Å². The van der Waals surface area contributed by atoms with E-state index in [1.54, 1.807) is 0 Å². The van der Waals surface area contributed by atoms with Crippen LogP contribution in [0.3, 0.4) is 0 Å². The van der Waals surface area contributed by atoms with E-state index in [0.29, 0.717) is 11.2 Å². The lowest BCUT2D eigenvalue weighted by molar-refractivity contribution is -0.0634. The van der Waals surface area contributed by atoms with Gasteiger partial charge in [0.15, 0.2) is 17.7 Å². The standard InChI is InChI=1S/C12H18N5O7P/c1-22-25(20,21)5-23-9-8(19)6(2-18)24-12(9)17-4-16-7-10(13)14-3-15-11(7)17/h3-4,6,8-9,12,18-19H,2,5H2,1H3,(H,20,21)(H2,13,14,15)/t6-,8-,9-,12-/m1/s1. The maximum Gasteiger partial charge on any atom is 0.353 e. The van der Waals surface area contributed by atoms with Crippen LogP contribution in [-0.4, -0.2) is 73.0 Å². The molecule has 25 heavy (non-hydrogen) atoms. The van der Waals surface area contributed by atoms with E-state index in [1.165, 1.54) is 17.2 Å². The second-order valence-electron chi connectivity index (χ2n) is 5.40. The summed E-state index contributed by atoms with van der Waals surface area (Å²) < 4.78 is 28.5. The molecule has 0 aromatic carbocycles. The topological polar surface area (TPSA) is 175 Å². The average molecular weight is 375 g/mol. The highest BCUT2D eigenvalue weighted by molar-refractivity contribution is 7.52. The lowest BCUT2D eigenvalue weighted by Gasteiger charge is -2.22. The van der Waals surface area contributed by atoms with Crippen molar-refractivity contribution in [3.63, 3.8) is 0 Å². The molecular weight excluding hydrogens is 357 g/mol. The van der Waals surface area contributed by atoms with Gasteiger partial charge in [0.25, 0.3) is 0 Å². The summed E-state index contributed by atoms with van der Waals surface area (Å²) in [5.41, 5.74) is 6.40. The maximum absolute atomic E-state index is 11.6. The Morgan fingerprint density at radius 2 is 2.20 bits per heavy atom. The highest BCUT2D eigenvalue weighted by Crippen LogP contribution is 2.43. The zero-order chi connectivity index (χ0) is 18.2. The monoisotopic (exact) mass is 375 g/mol. The average Bonchev–Trinajstić information content (AvgIpc) is 3.15. The number of ether oxygens (including phenoxy) is 2. The fourth-order valence-corrected chi connectivity index (χ4v) is 3.03. The quantitative estimate of drug-likeness (QED) is 0.448. The molecule has 2 aromatic heterocycles. The van der Waals surface area contributed by atoms with Gasteiger partial charge in [-0.15, -0.1) is 0 Å². The van der Waals surface area contributed by atoms with Crippen molar-refractivity contribution in [1.82, 2.24) is 19.5 Å². The minimum absolute atomic E-state index is 0.165. The smallest absolute Gasteiger partial charge is 0.353 e. The number of fused-ring (bicyclic) bond motifs is 1. The molecule has 1 aliphatic heterocycles. The molecule has 2 aromatic rings. The van der Waals surface area contributed by atoms with Crippen LogP contribution >= 0.6 is 7.60 Å². The van der Waals surface area contributed by atoms with E-state index in [4.69, 9.17) is 15.2 Å². The molecule has 13 heteroatoms. The van der Waals surface area contributed by atoms with Crippen LogP contribution in [-0.2, 0) is 18.6 Å². The molecule has 1 aliphatic rings. The molecule has 1 unspecified atom stereocenters. The van der Waals surface area contributed by atoms with Gasteiger partial charge in [-0.2, -0.15) is 0 Å². The van der Waals surface area contributed by atoms with E-state index < -0.39 is 45.1 Å². The Labute approximate surface area is 141 Å². The fraction of sp³-hybridized carbons (Fsp3) is 0.583. The number of rotatable bonds is 6. The largest absolute Gasteiger partial charge is 0.394 e. The summed E-state index contributed by atoms with van der Waals surface area (Å²) in [6.07, 6.45) is -2.26. The zero-order valence-corrected chi connectivity index (χ0v) is 14.1. The lowest BCUT2D eigenvalue weighted by Crippen LogP contribution is -2.35. The molecule has 0 radical (unpaired) electrons. The number of imidazole rings is 1. The summed E-state index contributed by atoms with van der Waals surface area (Å²) in [5.74, 6) is 0.165. The number of aliphatic hydroxyl groups is 2. The van der Waals surface area contributed by atoms with Crippen LogP contribution in [0.2, 0.25) is 0 Å². The van der Waals surface area contributed by atoms with Crippen molar-refractivity contribution in [3.05, 3.63) is 12.7 Å². The summed E-state index contributed by atoms with van der Waals surface area (Å²) in [4.78, 5) is 21.5. The van der Waals surface area contributed by atoms with Crippen LogP contribution < -0.4 is 5.73 Å². The molecule has 3 rings (SSSR count). The third-order valence-electron chi connectivity index (χ3n) is 3.87. The van der Waals surface area contributed by atoms with E-state index in [1.807, 2.05) is 0 Å². The SMILES string of the molecule is COP(=O)(O)CO[C@@H]1[C@H](O)[C@@H](CO)O[C@H]1n1cnc2c(N)ncnc21. The number of aliphatic hydroxyl groups excluding tert-OH is 2. The van der Waals surface area contributed by atoms with E-state index in [0.717, 1.165) is 7.11 Å². The summed E-state index contributed by atoms with van der Waals surface area (Å²) >= 11 is 0. The third kappa shape index (κ3) is 3.37. The molecule has 0 bridgehead atoms. The zero-order valence-electron chi connectivity index (χ0n) is 13.2. The van der Waals surface area contributed by atoms with Crippen LogP contribution in [0.4, 0.5) is 5.82 Å². The maximum atomic E-state index is 11.6. The fourth-order valence-electron chi connectivity index (χ4n) is 2.56. The Balaban J connectivity index is 1.93. The Morgan fingerprint density at radius 3 is 2.88 bits per heavy atom. The van der Waals surface area contributed by atoms with Crippen molar-refractivity contribution in [2.24, 2.45) is 0 Å². The van der Waals surface area contributed by atoms with Crippen LogP contribution in [0.25, 0.3) is 11.2 Å². The molecule has 1 saturated heterocycles. The predicted octanol–water partition coefficient (Wildman–Crippen LogP) is -1.17. The Hall–Kier alpha value is -1.66. The number of hydrogen-bond acceptors (Lipinski definition) is 10. The Morgan fingerprint density at radius 1 is 1.44 bits per heavy atom. The van der Waals surface area contributed by atoms with Crippen molar-refractivity contribution in [2.75, 3.05) is 25.8 Å². The van der Waals surface area contributed by atoms with Crippen molar-refractivity contribution < 1.29 is 33.7 Å². The Bertz CT molecular complexity index is 801. The lowest BCUT2D eigenvalue weighted by atomic mass is 10.1. The summed E-state index contributed by atoms with van der Waals surface area (Å²) in [7, 11) is -2.89. The van der Waals surface area contributed by atoms with Gasteiger partial charge in [-0.05, 0) is 0 Å². The van der Waals surface area contributed by atoms with E-state index >= 15 is 0 Å². The molecule has 0 saturated carbocycles. The van der Waals surface area contributed by atoms with Gasteiger partial charge in [-0.1, -0.05) is 0 Å². The van der Waals surface area contributed by atoms with Crippen molar-refractivity contribution in [3.8, 4) is 0 Å². The molecule has 12 nitrogen and oxygen atoms in total. The van der Waals surface area contributed by atoms with Crippen LogP contribution in [0, 0.1) is 0 Å². The first kappa shape index (κ1) is 18.1. The number of nitrogens with two attached hydrogens (primary N) is 1. The number of nitrogen functional groups attached to an aromatic ring is 1. The van der Waals surface area contributed by atoms with Crippen molar-refractivity contribution >= 4 is 24.6 Å². The van der Waals surface area contributed by atoms with Gasteiger partial charge in [0, 0.05) is 7.11 Å². The molecule has 3 heterocycles. The minimum Gasteiger partial charge on any atom is -0.394 e. The van der Waals surface area contributed by atoms with Crippen LogP contribution in [0.1, 0.15) is 6.23 Å². The molecule has 5 N–H and O–H groups in total. The van der Waals surface area contributed by atoms with E-state index in [-0.39, 0.29) is 5.82 Å². The Kier molecular flexibility index (Phi) is 5.02. The third-order valence-corrected chi connectivity index (χ3v) is 4.92. The molecular formula is C12H18N5O7P. The van der Waals surface area contributed by atoms with Gasteiger partial charge in [0.2, 0.25) is 0 Å². The molecule has 0 aliphatic carbocycles. The number of hydrogen-bond donors (Lipinski definition) is 4. The summed E-state index contributed by atoms with van der Waals surface area (Å²) in [5, 5.41) is 19.7. The highest BCUT2D eigenvalue weighted by atomic mass is 31.2. The summed E-state index contributed by atoms with van der Waals surface area (Å²) in [6, 6.07) is 0. The number of nitrogens with zero attached hydrogens (tertiary/aromatic N) is 4. The van der Waals surface area contributed by atoms with Crippen molar-refractivity contribution in [1.29, 1.82) is 0 Å². The molecule has 0 amide bonds. The van der Waals surface area contributed by atoms with Crippen LogP contribution in [0.5, 0.6) is 0 Å². The van der Waals surface area contributed by atoms with E-state index in [9.17, 15) is 19.7 Å². The minimum atomic E-state index is -3.96. The van der Waals surface area contributed by atoms with Gasteiger partial charge in [-0.25, -0.2) is 15.0 Å². The van der Waals surface area contributed by atoms with Gasteiger partial charge < -0.3 is 34.8 Å². The molecule has 1 fully saturated rings. The molecule has 138 valence electrons. The van der Waals surface area contributed by atoms with Gasteiger partial charge in [0.1, 0.15) is 36.5 Å². The van der Waals surface area contributed by atoms with E-state index in [2.05, 4.69) is 19.5 Å². The number of aromatic nitrogens is 4.